The first kappa shape index (κ1) is 12.6. The van der Waals surface area contributed by atoms with Gasteiger partial charge >= 0.3 is 5.69 Å². The summed E-state index contributed by atoms with van der Waals surface area (Å²) >= 11 is 0. The number of aliphatic hydroxyl groups is 1. The zero-order chi connectivity index (χ0) is 13.1. The van der Waals surface area contributed by atoms with Crippen LogP contribution in [0.5, 0.6) is 11.5 Å². The molecule has 1 aromatic rings. The van der Waals surface area contributed by atoms with E-state index in [-0.39, 0.29) is 17.5 Å². The summed E-state index contributed by atoms with van der Waals surface area (Å²) < 4.78 is 10.6. The first-order valence-corrected chi connectivity index (χ1v) is 5.79. The van der Waals surface area contributed by atoms with Crippen molar-refractivity contribution in [2.75, 3.05) is 7.11 Å². The normalized spacial score (nSPS) is 22.8. The van der Waals surface area contributed by atoms with Crippen LogP contribution in [0.1, 0.15) is 19.3 Å². The van der Waals surface area contributed by atoms with Crippen molar-refractivity contribution in [3.8, 4) is 11.5 Å². The predicted molar refractivity (Wildman–Crippen MR) is 63.9 cm³/mol. The third-order valence-electron chi connectivity index (χ3n) is 3.06. The van der Waals surface area contributed by atoms with Crippen LogP contribution in [0.25, 0.3) is 0 Å². The highest BCUT2D eigenvalue weighted by molar-refractivity contribution is 5.50. The van der Waals surface area contributed by atoms with Gasteiger partial charge in [-0.15, -0.1) is 0 Å². The molecule has 0 heterocycles. The molecule has 1 aliphatic carbocycles. The summed E-state index contributed by atoms with van der Waals surface area (Å²) in [7, 11) is 1.48. The SMILES string of the molecule is COc1ccc([N+](=O)[O-])c(OC2CCCC2O)c1. The lowest BCUT2D eigenvalue weighted by Gasteiger charge is -2.17. The molecule has 6 heteroatoms. The van der Waals surface area contributed by atoms with E-state index in [9.17, 15) is 15.2 Å². The van der Waals surface area contributed by atoms with Crippen LogP contribution in [0, 0.1) is 10.1 Å². The van der Waals surface area contributed by atoms with E-state index in [1.807, 2.05) is 0 Å². The van der Waals surface area contributed by atoms with Crippen LogP contribution < -0.4 is 9.47 Å². The minimum atomic E-state index is -0.559. The molecule has 6 nitrogen and oxygen atoms in total. The molecular weight excluding hydrogens is 238 g/mol. The minimum Gasteiger partial charge on any atom is -0.497 e. The number of hydrogen-bond acceptors (Lipinski definition) is 5. The Kier molecular flexibility index (Phi) is 3.66. The van der Waals surface area contributed by atoms with E-state index in [1.54, 1.807) is 0 Å². The van der Waals surface area contributed by atoms with Crippen LogP contribution in [0.4, 0.5) is 5.69 Å². The van der Waals surface area contributed by atoms with Crippen LogP contribution in [0.2, 0.25) is 0 Å². The molecule has 1 N–H and O–H groups in total. The number of nitro groups is 1. The van der Waals surface area contributed by atoms with Crippen molar-refractivity contribution in [2.24, 2.45) is 0 Å². The lowest BCUT2D eigenvalue weighted by atomic mass is 10.2. The van der Waals surface area contributed by atoms with Crippen molar-refractivity contribution in [3.63, 3.8) is 0 Å². The Labute approximate surface area is 104 Å². The summed E-state index contributed by atoms with van der Waals surface area (Å²) in [6.07, 6.45) is 1.30. The molecule has 0 aromatic heterocycles. The largest absolute Gasteiger partial charge is 0.497 e. The van der Waals surface area contributed by atoms with E-state index < -0.39 is 11.0 Å². The second-order valence-electron chi connectivity index (χ2n) is 4.25. The van der Waals surface area contributed by atoms with E-state index in [2.05, 4.69) is 0 Å². The average Bonchev–Trinajstić information content (AvgIpc) is 2.74. The first-order chi connectivity index (χ1) is 8.61. The smallest absolute Gasteiger partial charge is 0.311 e. The van der Waals surface area contributed by atoms with Gasteiger partial charge in [0.2, 0.25) is 5.75 Å². The Hall–Kier alpha value is -1.82. The fourth-order valence-corrected chi connectivity index (χ4v) is 2.07. The van der Waals surface area contributed by atoms with Crippen LogP contribution in [-0.4, -0.2) is 29.3 Å². The van der Waals surface area contributed by atoms with Crippen molar-refractivity contribution >= 4 is 5.69 Å². The van der Waals surface area contributed by atoms with E-state index in [1.165, 1.54) is 25.3 Å². The molecule has 2 atom stereocenters. The lowest BCUT2D eigenvalue weighted by Crippen LogP contribution is -2.25. The van der Waals surface area contributed by atoms with Crippen molar-refractivity contribution in [3.05, 3.63) is 28.3 Å². The Morgan fingerprint density at radius 3 is 2.78 bits per heavy atom. The molecule has 0 aliphatic heterocycles. The molecule has 18 heavy (non-hydrogen) atoms. The quantitative estimate of drug-likeness (QED) is 0.654. The Morgan fingerprint density at radius 1 is 1.44 bits per heavy atom. The third kappa shape index (κ3) is 2.53. The van der Waals surface area contributed by atoms with Crippen molar-refractivity contribution in [2.45, 2.75) is 31.5 Å². The van der Waals surface area contributed by atoms with Crippen LogP contribution in [-0.2, 0) is 0 Å². The number of aliphatic hydroxyl groups excluding tert-OH is 1. The topological polar surface area (TPSA) is 81.8 Å². The molecule has 1 saturated carbocycles. The van der Waals surface area contributed by atoms with Crippen molar-refractivity contribution in [1.82, 2.24) is 0 Å². The molecule has 1 aromatic carbocycles. The number of rotatable bonds is 4. The first-order valence-electron chi connectivity index (χ1n) is 5.79. The number of nitro benzene ring substituents is 1. The average molecular weight is 253 g/mol. The maximum Gasteiger partial charge on any atom is 0.311 e. The standard InChI is InChI=1S/C12H15NO5/c1-17-8-5-6-9(13(15)16)12(7-8)18-11-4-2-3-10(11)14/h5-7,10-11,14H,2-4H2,1H3. The second kappa shape index (κ2) is 5.22. The number of methoxy groups -OCH3 is 1. The number of hydrogen-bond donors (Lipinski definition) is 1. The van der Waals surface area contributed by atoms with Gasteiger partial charge in [0, 0.05) is 12.1 Å². The van der Waals surface area contributed by atoms with Gasteiger partial charge in [0.15, 0.2) is 0 Å². The molecule has 98 valence electrons. The van der Waals surface area contributed by atoms with E-state index in [0.29, 0.717) is 18.6 Å². The van der Waals surface area contributed by atoms with Gasteiger partial charge in [-0.3, -0.25) is 10.1 Å². The Bertz CT molecular complexity index is 448. The molecule has 1 aliphatic rings. The van der Waals surface area contributed by atoms with Gasteiger partial charge in [0.1, 0.15) is 11.9 Å². The van der Waals surface area contributed by atoms with E-state index in [0.717, 1.165) is 6.42 Å². The molecular formula is C12H15NO5. The molecule has 2 rings (SSSR count). The number of nitrogens with zero attached hydrogens (tertiary/aromatic N) is 1. The maximum atomic E-state index is 10.9. The molecule has 0 saturated heterocycles. The van der Waals surface area contributed by atoms with Crippen LogP contribution in [0.15, 0.2) is 18.2 Å². The van der Waals surface area contributed by atoms with Crippen molar-refractivity contribution < 1.29 is 19.5 Å². The van der Waals surface area contributed by atoms with E-state index in [4.69, 9.17) is 9.47 Å². The highest BCUT2D eigenvalue weighted by atomic mass is 16.6. The monoisotopic (exact) mass is 253 g/mol. The van der Waals surface area contributed by atoms with Crippen LogP contribution in [0.3, 0.4) is 0 Å². The van der Waals surface area contributed by atoms with Crippen molar-refractivity contribution in [1.29, 1.82) is 0 Å². The van der Waals surface area contributed by atoms with Gasteiger partial charge < -0.3 is 14.6 Å². The van der Waals surface area contributed by atoms with Gasteiger partial charge in [-0.1, -0.05) is 0 Å². The van der Waals surface area contributed by atoms with E-state index >= 15 is 0 Å². The highest BCUT2D eigenvalue weighted by Gasteiger charge is 2.29. The zero-order valence-electron chi connectivity index (χ0n) is 10.0. The fourth-order valence-electron chi connectivity index (χ4n) is 2.07. The Balaban J connectivity index is 2.25. The van der Waals surface area contributed by atoms with Gasteiger partial charge in [0.25, 0.3) is 0 Å². The van der Waals surface area contributed by atoms with Gasteiger partial charge in [0.05, 0.1) is 18.1 Å². The predicted octanol–water partition coefficient (Wildman–Crippen LogP) is 1.90. The fraction of sp³-hybridized carbons (Fsp3) is 0.500. The summed E-state index contributed by atoms with van der Waals surface area (Å²) in [6, 6.07) is 4.33. The zero-order valence-corrected chi connectivity index (χ0v) is 10.0. The van der Waals surface area contributed by atoms with Gasteiger partial charge in [-0.25, -0.2) is 0 Å². The lowest BCUT2D eigenvalue weighted by molar-refractivity contribution is -0.386. The van der Waals surface area contributed by atoms with Gasteiger partial charge in [-0.2, -0.15) is 0 Å². The Morgan fingerprint density at radius 2 is 2.22 bits per heavy atom. The molecule has 0 bridgehead atoms. The molecule has 0 amide bonds. The number of benzene rings is 1. The van der Waals surface area contributed by atoms with Gasteiger partial charge in [-0.05, 0) is 25.3 Å². The van der Waals surface area contributed by atoms with Crippen LogP contribution >= 0.6 is 0 Å². The second-order valence-corrected chi connectivity index (χ2v) is 4.25. The molecule has 0 spiro atoms. The summed E-state index contributed by atoms with van der Waals surface area (Å²) in [4.78, 5) is 10.4. The highest BCUT2D eigenvalue weighted by Crippen LogP contribution is 2.34. The molecule has 1 fully saturated rings. The minimum absolute atomic E-state index is 0.116. The maximum absolute atomic E-state index is 10.9. The molecule has 2 unspecified atom stereocenters. The third-order valence-corrected chi connectivity index (χ3v) is 3.06. The summed E-state index contributed by atoms with van der Waals surface area (Å²) in [5.74, 6) is 0.633. The summed E-state index contributed by atoms with van der Waals surface area (Å²) in [5, 5.41) is 20.6. The summed E-state index contributed by atoms with van der Waals surface area (Å²) in [6.45, 7) is 0. The molecule has 0 radical (unpaired) electrons. The number of ether oxygens (including phenoxy) is 2. The summed E-state index contributed by atoms with van der Waals surface area (Å²) in [5.41, 5.74) is -0.116.